The molecule has 1 aromatic carbocycles. The van der Waals surface area contributed by atoms with Crippen LogP contribution in [0.25, 0.3) is 0 Å². The van der Waals surface area contributed by atoms with Crippen LogP contribution in [0.3, 0.4) is 0 Å². The van der Waals surface area contributed by atoms with E-state index in [1.807, 2.05) is 13.0 Å². The van der Waals surface area contributed by atoms with Crippen LogP contribution >= 0.6 is 15.9 Å². The molecule has 19 heavy (non-hydrogen) atoms. The predicted octanol–water partition coefficient (Wildman–Crippen LogP) is 3.44. The first kappa shape index (κ1) is 14.4. The van der Waals surface area contributed by atoms with E-state index in [4.69, 9.17) is 9.47 Å². The lowest BCUT2D eigenvalue weighted by molar-refractivity contribution is -0.142. The highest BCUT2D eigenvalue weighted by Gasteiger charge is 2.31. The molecular weight excluding hydrogens is 308 g/mol. The molecule has 1 aromatic rings. The maximum atomic E-state index is 11.9. The van der Waals surface area contributed by atoms with Crippen molar-refractivity contribution in [2.45, 2.75) is 36.9 Å². The van der Waals surface area contributed by atoms with Crippen molar-refractivity contribution < 1.29 is 14.3 Å². The normalized spacial score (nSPS) is 19.4. The van der Waals surface area contributed by atoms with Crippen molar-refractivity contribution >= 4 is 21.9 Å². The molecule has 0 saturated heterocycles. The Hall–Kier alpha value is -1.03. The maximum Gasteiger partial charge on any atom is 0.320 e. The van der Waals surface area contributed by atoms with Gasteiger partial charge < -0.3 is 9.47 Å². The van der Waals surface area contributed by atoms with E-state index in [-0.39, 0.29) is 16.7 Å². The molecule has 0 N–H and O–H groups in total. The quantitative estimate of drug-likeness (QED) is 0.628. The zero-order valence-electron chi connectivity index (χ0n) is 11.3. The summed E-state index contributed by atoms with van der Waals surface area (Å²) < 4.78 is 10.4. The summed E-state index contributed by atoms with van der Waals surface area (Å²) in [6, 6.07) is 6.11. The number of aryl methyl sites for hydroxylation is 1. The van der Waals surface area contributed by atoms with E-state index in [1.54, 1.807) is 7.11 Å². The number of carbonyl (C=O) groups excluding carboxylic acids is 1. The number of rotatable bonds is 4. The molecule has 0 fully saturated rings. The van der Waals surface area contributed by atoms with Gasteiger partial charge in [0.25, 0.3) is 0 Å². The van der Waals surface area contributed by atoms with Gasteiger partial charge in [-0.25, -0.2) is 0 Å². The van der Waals surface area contributed by atoms with E-state index < -0.39 is 0 Å². The zero-order chi connectivity index (χ0) is 13.8. The number of esters is 1. The second kappa shape index (κ2) is 6.42. The molecule has 0 radical (unpaired) electrons. The largest absolute Gasteiger partial charge is 0.497 e. The number of ether oxygens (including phenoxy) is 2. The van der Waals surface area contributed by atoms with Crippen LogP contribution in [0.5, 0.6) is 5.75 Å². The first-order chi connectivity index (χ1) is 9.17. The summed E-state index contributed by atoms with van der Waals surface area (Å²) in [6.45, 7) is 2.25. The van der Waals surface area contributed by atoms with Gasteiger partial charge in [0.2, 0.25) is 0 Å². The van der Waals surface area contributed by atoms with Gasteiger partial charge in [-0.1, -0.05) is 22.0 Å². The Balaban J connectivity index is 2.24. The Bertz CT molecular complexity index is 459. The maximum absolute atomic E-state index is 11.9. The number of hydrogen-bond donors (Lipinski definition) is 0. The molecule has 0 saturated carbocycles. The fourth-order valence-corrected chi connectivity index (χ4v) is 3.33. The van der Waals surface area contributed by atoms with Crippen LogP contribution < -0.4 is 4.74 Å². The van der Waals surface area contributed by atoms with Crippen molar-refractivity contribution in [1.29, 1.82) is 0 Å². The van der Waals surface area contributed by atoms with Gasteiger partial charge in [-0.05, 0) is 49.4 Å². The van der Waals surface area contributed by atoms with Gasteiger partial charge in [-0.15, -0.1) is 0 Å². The number of hydrogen-bond acceptors (Lipinski definition) is 3. The number of fused-ring (bicyclic) bond motifs is 1. The van der Waals surface area contributed by atoms with Crippen LogP contribution in [0.4, 0.5) is 0 Å². The predicted molar refractivity (Wildman–Crippen MR) is 78.0 cm³/mol. The van der Waals surface area contributed by atoms with Crippen molar-refractivity contribution in [1.82, 2.24) is 0 Å². The van der Waals surface area contributed by atoms with Crippen LogP contribution in [0.15, 0.2) is 18.2 Å². The van der Waals surface area contributed by atoms with Crippen LogP contribution in [-0.2, 0) is 16.0 Å². The molecule has 0 heterocycles. The highest BCUT2D eigenvalue weighted by Crippen LogP contribution is 2.38. The minimum atomic E-state index is -0.264. The summed E-state index contributed by atoms with van der Waals surface area (Å²) in [4.78, 5) is 11.6. The van der Waals surface area contributed by atoms with Gasteiger partial charge in [0.1, 0.15) is 10.6 Å². The van der Waals surface area contributed by atoms with Gasteiger partial charge in [0, 0.05) is 5.92 Å². The van der Waals surface area contributed by atoms with E-state index >= 15 is 0 Å². The lowest BCUT2D eigenvalue weighted by atomic mass is 9.81. The average Bonchev–Trinajstić information content (AvgIpc) is 2.45. The second-order valence-corrected chi connectivity index (χ2v) is 5.70. The van der Waals surface area contributed by atoms with Gasteiger partial charge >= 0.3 is 5.97 Å². The molecule has 1 unspecified atom stereocenters. The molecule has 0 spiro atoms. The molecule has 4 heteroatoms. The lowest BCUT2D eigenvalue weighted by Crippen LogP contribution is -2.27. The Morgan fingerprint density at radius 1 is 1.53 bits per heavy atom. The smallest absolute Gasteiger partial charge is 0.320 e. The van der Waals surface area contributed by atoms with Crippen molar-refractivity contribution in [2.75, 3.05) is 13.7 Å². The highest BCUT2D eigenvalue weighted by atomic mass is 79.9. The van der Waals surface area contributed by atoms with Crippen molar-refractivity contribution in [3.8, 4) is 5.75 Å². The molecule has 0 aliphatic heterocycles. The molecule has 2 atom stereocenters. The van der Waals surface area contributed by atoms with Gasteiger partial charge in [0.15, 0.2) is 0 Å². The summed E-state index contributed by atoms with van der Waals surface area (Å²) in [5.41, 5.74) is 2.52. The first-order valence-electron chi connectivity index (χ1n) is 6.65. The number of benzene rings is 1. The fourth-order valence-electron chi connectivity index (χ4n) is 2.65. The number of halogens is 1. The number of methoxy groups -OCH3 is 1. The van der Waals surface area contributed by atoms with Gasteiger partial charge in [0.05, 0.1) is 13.7 Å². The minimum absolute atomic E-state index is 0.170. The molecule has 0 amide bonds. The van der Waals surface area contributed by atoms with Crippen LogP contribution in [0, 0.1) is 0 Å². The summed E-state index contributed by atoms with van der Waals surface area (Å²) in [5.74, 6) is 0.895. The van der Waals surface area contributed by atoms with E-state index in [9.17, 15) is 4.79 Å². The third-order valence-corrected chi connectivity index (χ3v) is 4.59. The van der Waals surface area contributed by atoms with Crippen molar-refractivity contribution in [3.63, 3.8) is 0 Å². The molecule has 0 aromatic heterocycles. The summed E-state index contributed by atoms with van der Waals surface area (Å²) in [7, 11) is 1.67. The summed E-state index contributed by atoms with van der Waals surface area (Å²) in [5, 5.41) is 0. The standard InChI is InChI=1S/C15H19BrO3/c1-3-19-15(17)14(16)13-6-4-5-10-9-11(18-2)7-8-12(10)13/h7-9,13-14H,3-6H2,1-2H3/t13-,14?/m1/s1. The molecule has 0 bridgehead atoms. The average molecular weight is 327 g/mol. The van der Waals surface area contributed by atoms with E-state index in [1.165, 1.54) is 11.1 Å². The SMILES string of the molecule is CCOC(=O)C(Br)[C@@H]1CCCc2cc(OC)ccc21. The lowest BCUT2D eigenvalue weighted by Gasteiger charge is -2.28. The number of alkyl halides is 1. The highest BCUT2D eigenvalue weighted by molar-refractivity contribution is 9.10. The Labute approximate surface area is 122 Å². The summed E-state index contributed by atoms with van der Waals surface area (Å²) >= 11 is 3.51. The topological polar surface area (TPSA) is 35.5 Å². The Morgan fingerprint density at radius 3 is 3.00 bits per heavy atom. The zero-order valence-corrected chi connectivity index (χ0v) is 12.9. The Kier molecular flexibility index (Phi) is 4.86. The molecule has 3 nitrogen and oxygen atoms in total. The molecule has 1 aliphatic carbocycles. The molecule has 1 aliphatic rings. The van der Waals surface area contributed by atoms with Crippen LogP contribution in [0.2, 0.25) is 0 Å². The third-order valence-electron chi connectivity index (χ3n) is 3.58. The summed E-state index contributed by atoms with van der Waals surface area (Å²) in [6.07, 6.45) is 3.14. The van der Waals surface area contributed by atoms with Crippen molar-refractivity contribution in [3.05, 3.63) is 29.3 Å². The van der Waals surface area contributed by atoms with Gasteiger partial charge in [-0.2, -0.15) is 0 Å². The van der Waals surface area contributed by atoms with Crippen LogP contribution in [0.1, 0.15) is 36.8 Å². The van der Waals surface area contributed by atoms with Crippen molar-refractivity contribution in [2.24, 2.45) is 0 Å². The van der Waals surface area contributed by atoms with Crippen LogP contribution in [-0.4, -0.2) is 24.5 Å². The van der Waals surface area contributed by atoms with E-state index in [0.29, 0.717) is 6.61 Å². The van der Waals surface area contributed by atoms with Gasteiger partial charge in [-0.3, -0.25) is 4.79 Å². The molecule has 104 valence electrons. The van der Waals surface area contributed by atoms with E-state index in [0.717, 1.165) is 25.0 Å². The molecule has 2 rings (SSSR count). The molecular formula is C15H19BrO3. The fraction of sp³-hybridized carbons (Fsp3) is 0.533. The van der Waals surface area contributed by atoms with E-state index in [2.05, 4.69) is 28.1 Å². The monoisotopic (exact) mass is 326 g/mol. The first-order valence-corrected chi connectivity index (χ1v) is 7.56. The minimum Gasteiger partial charge on any atom is -0.497 e. The third kappa shape index (κ3) is 3.11. The number of carbonyl (C=O) groups is 1. The second-order valence-electron chi connectivity index (χ2n) is 4.72. The Morgan fingerprint density at radius 2 is 2.32 bits per heavy atom.